The molecule has 220 valence electrons. The maximum absolute atomic E-state index is 14.6. The summed E-state index contributed by atoms with van der Waals surface area (Å²) in [5.74, 6) is -2.24. The number of hydrogen-bond acceptors (Lipinski definition) is 5. The number of alkyl halides is 3. The Morgan fingerprint density at radius 1 is 0.930 bits per heavy atom. The molecule has 1 unspecified atom stereocenters. The number of nitrogens with one attached hydrogen (secondary N) is 2. The van der Waals surface area contributed by atoms with Crippen LogP contribution in [0.5, 0.6) is 0 Å². The molecule has 2 amide bonds. The first kappa shape index (κ1) is 29.9. The molecule has 0 saturated heterocycles. The van der Waals surface area contributed by atoms with Crippen molar-refractivity contribution in [1.82, 2.24) is 4.98 Å². The molecule has 0 spiro atoms. The molecular weight excluding hydrogens is 632 g/mol. The van der Waals surface area contributed by atoms with E-state index < -0.39 is 36.0 Å². The second-order valence-electron chi connectivity index (χ2n) is 9.95. The first-order valence-electron chi connectivity index (χ1n) is 12.9. The average Bonchev–Trinajstić information content (AvgIpc) is 3.43. The molecule has 1 aliphatic heterocycles. The topological polar surface area (TPSA) is 92.7 Å². The summed E-state index contributed by atoms with van der Waals surface area (Å²) >= 11 is 3.31. The first-order valence-corrected chi connectivity index (χ1v) is 13.7. The average molecular weight is 655 g/mol. The lowest BCUT2D eigenvalue weighted by Crippen LogP contribution is -2.42. The predicted molar refractivity (Wildman–Crippen MR) is 157 cm³/mol. The molecule has 2 heterocycles. The summed E-state index contributed by atoms with van der Waals surface area (Å²) in [6, 6.07) is 18.0. The van der Waals surface area contributed by atoms with Crippen LogP contribution in [0.4, 0.5) is 28.9 Å². The summed E-state index contributed by atoms with van der Waals surface area (Å²) in [4.78, 5) is 34.2. The minimum Gasteiger partial charge on any atom is -0.374 e. The lowest BCUT2D eigenvalue weighted by Gasteiger charge is -2.30. The van der Waals surface area contributed by atoms with Crippen molar-refractivity contribution >= 4 is 44.8 Å². The standard InChI is InChI=1S/C31H23BrF4N4O3/c1-17-13-21(30(31(34,35)36)16-25(40-43-30)19-8-10-22(32)11-9-19)14-18(2)26(17)39-28(41)20-5-3-6-23(15-20)38-29(42)24-7-4-12-37-27(24)33/h3-15H,16H2,1-2H3,(H,38,42)(H,39,41). The van der Waals surface area contributed by atoms with Crippen LogP contribution in [0.3, 0.4) is 0 Å². The van der Waals surface area contributed by atoms with Gasteiger partial charge in [-0.25, -0.2) is 4.98 Å². The zero-order chi connectivity index (χ0) is 30.9. The third kappa shape index (κ3) is 6.00. The van der Waals surface area contributed by atoms with Crippen LogP contribution in [0, 0.1) is 19.8 Å². The summed E-state index contributed by atoms with van der Waals surface area (Å²) in [5.41, 5.74) is -0.960. The number of aryl methyl sites for hydroxylation is 2. The van der Waals surface area contributed by atoms with E-state index in [1.165, 1.54) is 54.7 Å². The van der Waals surface area contributed by atoms with Crippen LogP contribution in [0.1, 0.15) is 49.4 Å². The van der Waals surface area contributed by atoms with Crippen molar-refractivity contribution in [2.75, 3.05) is 10.6 Å². The first-order chi connectivity index (χ1) is 20.4. The fraction of sp³-hybridized carbons (Fsp3) is 0.161. The van der Waals surface area contributed by atoms with Gasteiger partial charge < -0.3 is 15.5 Å². The summed E-state index contributed by atoms with van der Waals surface area (Å²) in [6.07, 6.45) is -4.10. The molecule has 2 N–H and O–H groups in total. The highest BCUT2D eigenvalue weighted by atomic mass is 79.9. The van der Waals surface area contributed by atoms with Gasteiger partial charge in [0.15, 0.2) is 0 Å². The molecular formula is C31H23BrF4N4O3. The van der Waals surface area contributed by atoms with Crippen molar-refractivity contribution in [3.63, 3.8) is 0 Å². The summed E-state index contributed by atoms with van der Waals surface area (Å²) in [6.45, 7) is 3.17. The molecule has 0 fully saturated rings. The van der Waals surface area contributed by atoms with Gasteiger partial charge in [-0.05, 0) is 85.1 Å². The van der Waals surface area contributed by atoms with Crippen molar-refractivity contribution in [2.45, 2.75) is 32.0 Å². The Hall–Kier alpha value is -4.58. The highest BCUT2D eigenvalue weighted by molar-refractivity contribution is 9.10. The zero-order valence-corrected chi connectivity index (χ0v) is 24.3. The second kappa shape index (κ2) is 11.6. The Kier molecular flexibility index (Phi) is 8.06. The monoisotopic (exact) mass is 654 g/mol. The molecule has 0 aliphatic carbocycles. The predicted octanol–water partition coefficient (Wildman–Crippen LogP) is 7.69. The highest BCUT2D eigenvalue weighted by Crippen LogP contribution is 2.49. The Morgan fingerprint density at radius 3 is 2.28 bits per heavy atom. The molecule has 0 bridgehead atoms. The third-order valence-corrected chi connectivity index (χ3v) is 7.52. The Morgan fingerprint density at radius 2 is 1.63 bits per heavy atom. The fourth-order valence-electron chi connectivity index (χ4n) is 4.77. The number of pyridine rings is 1. The van der Waals surface area contributed by atoms with Gasteiger partial charge in [0.2, 0.25) is 5.95 Å². The van der Waals surface area contributed by atoms with Crippen molar-refractivity contribution in [2.24, 2.45) is 5.16 Å². The number of anilines is 2. The van der Waals surface area contributed by atoms with Crippen molar-refractivity contribution in [3.8, 4) is 0 Å². The number of carbonyl (C=O) groups is 2. The van der Waals surface area contributed by atoms with E-state index in [9.17, 15) is 27.2 Å². The van der Waals surface area contributed by atoms with E-state index in [1.54, 1.807) is 38.1 Å². The normalized spacial score (nSPS) is 16.3. The number of oxime groups is 1. The van der Waals surface area contributed by atoms with E-state index in [0.717, 1.165) is 4.47 Å². The Balaban J connectivity index is 1.37. The van der Waals surface area contributed by atoms with Gasteiger partial charge in [-0.3, -0.25) is 9.59 Å². The van der Waals surface area contributed by atoms with Gasteiger partial charge in [0.1, 0.15) is 0 Å². The van der Waals surface area contributed by atoms with Crippen LogP contribution < -0.4 is 10.6 Å². The maximum Gasteiger partial charge on any atom is 0.435 e. The Labute approximate surface area is 252 Å². The molecule has 5 rings (SSSR count). The molecule has 0 radical (unpaired) electrons. The Bertz CT molecular complexity index is 1740. The number of aromatic nitrogens is 1. The van der Waals surface area contributed by atoms with Crippen molar-refractivity contribution in [3.05, 3.63) is 123 Å². The van der Waals surface area contributed by atoms with Gasteiger partial charge >= 0.3 is 6.18 Å². The number of amides is 2. The van der Waals surface area contributed by atoms with Gasteiger partial charge in [0.25, 0.3) is 17.4 Å². The number of carbonyl (C=O) groups excluding carboxylic acids is 2. The van der Waals surface area contributed by atoms with Gasteiger partial charge in [-0.1, -0.05) is 39.3 Å². The summed E-state index contributed by atoms with van der Waals surface area (Å²) in [7, 11) is 0. The van der Waals surface area contributed by atoms with Gasteiger partial charge in [0, 0.05) is 39.6 Å². The smallest absolute Gasteiger partial charge is 0.374 e. The maximum atomic E-state index is 14.6. The number of benzene rings is 3. The van der Waals surface area contributed by atoms with Crippen molar-refractivity contribution < 1.29 is 32.0 Å². The van der Waals surface area contributed by atoms with Crippen LogP contribution in [0.25, 0.3) is 0 Å². The fourth-order valence-corrected chi connectivity index (χ4v) is 5.04. The highest BCUT2D eigenvalue weighted by Gasteiger charge is 2.62. The number of hydrogen-bond donors (Lipinski definition) is 2. The zero-order valence-electron chi connectivity index (χ0n) is 22.7. The van der Waals surface area contributed by atoms with E-state index in [2.05, 4.69) is 36.7 Å². The lowest BCUT2D eigenvalue weighted by molar-refractivity contribution is -0.275. The van der Waals surface area contributed by atoms with Crippen molar-refractivity contribution in [1.29, 1.82) is 0 Å². The van der Waals surface area contributed by atoms with Gasteiger partial charge in [-0.2, -0.15) is 17.6 Å². The molecule has 12 heteroatoms. The molecule has 3 aromatic carbocycles. The van der Waals surface area contributed by atoms with E-state index >= 15 is 0 Å². The lowest BCUT2D eigenvalue weighted by atomic mass is 9.84. The number of nitrogens with zero attached hydrogens (tertiary/aromatic N) is 2. The van der Waals surface area contributed by atoms with Crippen LogP contribution in [-0.4, -0.2) is 28.7 Å². The van der Waals surface area contributed by atoms with Crippen LogP contribution in [-0.2, 0) is 10.4 Å². The van der Waals surface area contributed by atoms with Crippen LogP contribution in [0.15, 0.2) is 88.6 Å². The summed E-state index contributed by atoms with van der Waals surface area (Å²) < 4.78 is 58.4. The van der Waals surface area contributed by atoms with E-state index in [-0.39, 0.29) is 28.1 Å². The summed E-state index contributed by atoms with van der Waals surface area (Å²) in [5, 5.41) is 9.08. The van der Waals surface area contributed by atoms with E-state index in [1.807, 2.05) is 0 Å². The van der Waals surface area contributed by atoms with E-state index in [0.29, 0.717) is 22.4 Å². The molecule has 4 aromatic rings. The number of rotatable bonds is 6. The molecule has 1 aromatic heterocycles. The van der Waals surface area contributed by atoms with E-state index in [4.69, 9.17) is 4.84 Å². The molecule has 1 atom stereocenters. The van der Waals surface area contributed by atoms with Gasteiger partial charge in [-0.15, -0.1) is 0 Å². The quantitative estimate of drug-likeness (QED) is 0.165. The molecule has 1 aliphatic rings. The largest absolute Gasteiger partial charge is 0.435 e. The molecule has 43 heavy (non-hydrogen) atoms. The SMILES string of the molecule is Cc1cc(C2(C(F)(F)F)CC(c3ccc(Br)cc3)=NO2)cc(C)c1NC(=O)c1cccc(NC(=O)c2cccnc2F)c1. The molecule has 0 saturated carbocycles. The molecule has 7 nitrogen and oxygen atoms in total. The number of halogens is 5. The minimum atomic E-state index is -4.79. The second-order valence-corrected chi connectivity index (χ2v) is 10.9. The van der Waals surface area contributed by atoms with Crippen LogP contribution >= 0.6 is 15.9 Å². The minimum absolute atomic E-state index is 0.142. The van der Waals surface area contributed by atoms with Gasteiger partial charge in [0.05, 0.1) is 11.3 Å². The third-order valence-electron chi connectivity index (χ3n) is 6.99. The van der Waals surface area contributed by atoms with Crippen LogP contribution in [0.2, 0.25) is 0 Å².